The number of carbonyl (C=O) groups excluding carboxylic acids is 1. The molecule has 0 aliphatic carbocycles. The number of methoxy groups -OCH3 is 1. The molecule has 2 saturated heterocycles. The van der Waals surface area contributed by atoms with Crippen LogP contribution >= 0.6 is 0 Å². The first-order chi connectivity index (χ1) is 13.7. The van der Waals surface area contributed by atoms with E-state index in [2.05, 4.69) is 39.2 Å². The van der Waals surface area contributed by atoms with E-state index in [9.17, 15) is 4.79 Å². The standard InChI is InChI=1S/C22H36N4O2/c1-3-18-6-7-20(24-15-18)17-25-12-8-21(9-13-25)26-11-4-5-19(16-26)22(27)23-10-14-28-2/h6-7,15,19,21H,3-5,8-14,16-17H2,1-2H3,(H,23,27). The molecule has 1 unspecified atom stereocenters. The van der Waals surface area contributed by atoms with Crippen LogP contribution in [0.1, 0.15) is 43.9 Å². The summed E-state index contributed by atoms with van der Waals surface area (Å²) in [7, 11) is 1.66. The molecule has 3 rings (SSSR count). The van der Waals surface area contributed by atoms with Gasteiger partial charge in [0.25, 0.3) is 0 Å². The van der Waals surface area contributed by atoms with Crippen molar-refractivity contribution < 1.29 is 9.53 Å². The summed E-state index contributed by atoms with van der Waals surface area (Å²) in [6.07, 6.45) is 7.55. The largest absolute Gasteiger partial charge is 0.383 e. The number of nitrogens with one attached hydrogen (secondary N) is 1. The van der Waals surface area contributed by atoms with E-state index in [1.807, 2.05) is 6.20 Å². The van der Waals surface area contributed by atoms with Crippen molar-refractivity contribution in [1.82, 2.24) is 20.1 Å². The fraction of sp³-hybridized carbons (Fsp3) is 0.727. The van der Waals surface area contributed by atoms with Crippen LogP contribution in [0.15, 0.2) is 18.3 Å². The fourth-order valence-corrected chi connectivity index (χ4v) is 4.40. The van der Waals surface area contributed by atoms with E-state index in [0.29, 0.717) is 19.2 Å². The van der Waals surface area contributed by atoms with E-state index < -0.39 is 0 Å². The van der Waals surface area contributed by atoms with Gasteiger partial charge in [-0.25, -0.2) is 0 Å². The van der Waals surface area contributed by atoms with Gasteiger partial charge in [0.1, 0.15) is 0 Å². The van der Waals surface area contributed by atoms with Crippen molar-refractivity contribution in [2.24, 2.45) is 5.92 Å². The molecule has 156 valence electrons. The molecule has 3 heterocycles. The molecular formula is C22H36N4O2. The Morgan fingerprint density at radius 3 is 2.75 bits per heavy atom. The SMILES string of the molecule is CCc1ccc(CN2CCC(N3CCCC(C(=O)NCCOC)C3)CC2)nc1. The molecule has 0 radical (unpaired) electrons. The lowest BCUT2D eigenvalue weighted by Crippen LogP contribution is -2.50. The van der Waals surface area contributed by atoms with Gasteiger partial charge < -0.3 is 10.1 Å². The molecule has 1 amide bonds. The maximum atomic E-state index is 12.4. The average Bonchev–Trinajstić information content (AvgIpc) is 2.75. The van der Waals surface area contributed by atoms with Crippen molar-refractivity contribution in [2.75, 3.05) is 46.4 Å². The minimum atomic E-state index is 0.130. The van der Waals surface area contributed by atoms with Crippen LogP contribution in [0.25, 0.3) is 0 Å². The van der Waals surface area contributed by atoms with Crippen LogP contribution in [0.3, 0.4) is 0 Å². The first-order valence-electron chi connectivity index (χ1n) is 10.9. The van der Waals surface area contributed by atoms with Gasteiger partial charge in [-0.1, -0.05) is 13.0 Å². The van der Waals surface area contributed by atoms with Crippen LogP contribution in [0.2, 0.25) is 0 Å². The third-order valence-corrected chi connectivity index (χ3v) is 6.18. The number of ether oxygens (including phenoxy) is 1. The smallest absolute Gasteiger partial charge is 0.224 e. The summed E-state index contributed by atoms with van der Waals surface area (Å²) >= 11 is 0. The Morgan fingerprint density at radius 2 is 2.07 bits per heavy atom. The Labute approximate surface area is 169 Å². The van der Waals surface area contributed by atoms with Gasteiger partial charge in [0.2, 0.25) is 5.91 Å². The minimum absolute atomic E-state index is 0.130. The van der Waals surface area contributed by atoms with Gasteiger partial charge in [0, 0.05) is 52.1 Å². The number of piperidine rings is 2. The van der Waals surface area contributed by atoms with E-state index in [1.165, 1.54) is 24.1 Å². The molecule has 1 N–H and O–H groups in total. The van der Waals surface area contributed by atoms with Crippen molar-refractivity contribution in [1.29, 1.82) is 0 Å². The number of likely N-dealkylation sites (tertiary alicyclic amines) is 2. The number of rotatable bonds is 8. The number of pyridine rings is 1. The van der Waals surface area contributed by atoms with Gasteiger partial charge in [0.15, 0.2) is 0 Å². The Kier molecular flexibility index (Phi) is 8.25. The number of carbonyl (C=O) groups is 1. The first-order valence-corrected chi connectivity index (χ1v) is 10.9. The molecule has 2 aliphatic rings. The zero-order valence-corrected chi connectivity index (χ0v) is 17.5. The summed E-state index contributed by atoms with van der Waals surface area (Å²) in [6.45, 7) is 8.56. The molecule has 1 atom stereocenters. The number of nitrogens with zero attached hydrogens (tertiary/aromatic N) is 3. The van der Waals surface area contributed by atoms with Crippen LogP contribution in [0.5, 0.6) is 0 Å². The van der Waals surface area contributed by atoms with E-state index in [-0.39, 0.29) is 11.8 Å². The highest BCUT2D eigenvalue weighted by Crippen LogP contribution is 2.24. The number of amides is 1. The lowest BCUT2D eigenvalue weighted by atomic mass is 9.93. The van der Waals surface area contributed by atoms with Crippen LogP contribution in [0, 0.1) is 5.92 Å². The van der Waals surface area contributed by atoms with E-state index in [1.54, 1.807) is 7.11 Å². The number of aromatic nitrogens is 1. The van der Waals surface area contributed by atoms with E-state index in [4.69, 9.17) is 4.74 Å². The molecule has 2 fully saturated rings. The summed E-state index contributed by atoms with van der Waals surface area (Å²) < 4.78 is 5.03. The van der Waals surface area contributed by atoms with Crippen LogP contribution in [-0.2, 0) is 22.5 Å². The molecule has 1 aromatic rings. The fourth-order valence-electron chi connectivity index (χ4n) is 4.40. The summed E-state index contributed by atoms with van der Waals surface area (Å²) in [5.41, 5.74) is 2.47. The summed E-state index contributed by atoms with van der Waals surface area (Å²) in [5.74, 6) is 0.325. The molecule has 6 heteroatoms. The number of aryl methyl sites for hydroxylation is 1. The van der Waals surface area contributed by atoms with Crippen molar-refractivity contribution in [3.05, 3.63) is 29.6 Å². The minimum Gasteiger partial charge on any atom is -0.383 e. The zero-order chi connectivity index (χ0) is 19.8. The Hall–Kier alpha value is -1.50. The molecule has 6 nitrogen and oxygen atoms in total. The van der Waals surface area contributed by atoms with Gasteiger partial charge in [-0.15, -0.1) is 0 Å². The lowest BCUT2D eigenvalue weighted by Gasteiger charge is -2.42. The summed E-state index contributed by atoms with van der Waals surface area (Å²) in [4.78, 5) is 22.1. The van der Waals surface area contributed by atoms with Gasteiger partial charge in [-0.3, -0.25) is 19.6 Å². The van der Waals surface area contributed by atoms with Crippen LogP contribution in [0.4, 0.5) is 0 Å². The topological polar surface area (TPSA) is 57.7 Å². The second kappa shape index (κ2) is 10.9. The highest BCUT2D eigenvalue weighted by molar-refractivity contribution is 5.78. The summed E-state index contributed by atoms with van der Waals surface area (Å²) in [6, 6.07) is 4.98. The van der Waals surface area contributed by atoms with Gasteiger partial charge in [-0.2, -0.15) is 0 Å². The van der Waals surface area contributed by atoms with Gasteiger partial charge in [-0.05, 0) is 50.3 Å². The molecule has 0 saturated carbocycles. The Bertz CT molecular complexity index is 599. The quantitative estimate of drug-likeness (QED) is 0.691. The highest BCUT2D eigenvalue weighted by Gasteiger charge is 2.31. The number of hydrogen-bond donors (Lipinski definition) is 1. The van der Waals surface area contributed by atoms with Gasteiger partial charge >= 0.3 is 0 Å². The van der Waals surface area contributed by atoms with Crippen molar-refractivity contribution in [3.8, 4) is 0 Å². The predicted molar refractivity (Wildman–Crippen MR) is 111 cm³/mol. The third-order valence-electron chi connectivity index (χ3n) is 6.18. The average molecular weight is 389 g/mol. The molecule has 1 aromatic heterocycles. The molecular weight excluding hydrogens is 352 g/mol. The monoisotopic (exact) mass is 388 g/mol. The van der Waals surface area contributed by atoms with Crippen molar-refractivity contribution in [2.45, 2.75) is 51.6 Å². The summed E-state index contributed by atoms with van der Waals surface area (Å²) in [5, 5.41) is 3.01. The lowest BCUT2D eigenvalue weighted by molar-refractivity contribution is -0.127. The zero-order valence-electron chi connectivity index (χ0n) is 17.5. The molecule has 0 aromatic carbocycles. The first kappa shape index (κ1) is 21.2. The van der Waals surface area contributed by atoms with Crippen LogP contribution in [-0.4, -0.2) is 73.2 Å². The van der Waals surface area contributed by atoms with Gasteiger partial charge in [0.05, 0.1) is 18.2 Å². The highest BCUT2D eigenvalue weighted by atomic mass is 16.5. The predicted octanol–water partition coefficient (Wildman–Crippen LogP) is 2.08. The molecule has 28 heavy (non-hydrogen) atoms. The second-order valence-corrected chi connectivity index (χ2v) is 8.14. The van der Waals surface area contributed by atoms with E-state index >= 15 is 0 Å². The van der Waals surface area contributed by atoms with Crippen LogP contribution < -0.4 is 5.32 Å². The molecule has 0 spiro atoms. The van der Waals surface area contributed by atoms with Crippen molar-refractivity contribution in [3.63, 3.8) is 0 Å². The maximum Gasteiger partial charge on any atom is 0.224 e. The van der Waals surface area contributed by atoms with E-state index in [0.717, 1.165) is 52.0 Å². The normalized spacial score (nSPS) is 22.3. The van der Waals surface area contributed by atoms with Crippen molar-refractivity contribution >= 4 is 5.91 Å². The molecule has 2 aliphatic heterocycles. The number of hydrogen-bond acceptors (Lipinski definition) is 5. The molecule has 0 bridgehead atoms. The third kappa shape index (κ3) is 6.00. The Morgan fingerprint density at radius 1 is 1.25 bits per heavy atom. The Balaban J connectivity index is 1.42. The second-order valence-electron chi connectivity index (χ2n) is 8.14. The maximum absolute atomic E-state index is 12.4.